The van der Waals surface area contributed by atoms with Gasteiger partial charge in [0.15, 0.2) is 0 Å². The Bertz CT molecular complexity index is 1360. The maximum absolute atomic E-state index is 13.9. The summed E-state index contributed by atoms with van der Waals surface area (Å²) in [4.78, 5) is 48.5. The second kappa shape index (κ2) is 13.0. The van der Waals surface area contributed by atoms with Gasteiger partial charge in [0.05, 0.1) is 23.8 Å². The first kappa shape index (κ1) is 30.8. The number of anilines is 3. The number of ether oxygens (including phenoxy) is 1. The molecule has 238 valence electrons. The smallest absolute Gasteiger partial charge is 0.322 e. The van der Waals surface area contributed by atoms with Crippen LogP contribution < -0.4 is 15.1 Å². The summed E-state index contributed by atoms with van der Waals surface area (Å²) in [6, 6.07) is 16.3. The molecule has 1 N–H and O–H groups in total. The lowest BCUT2D eigenvalue weighted by Crippen LogP contribution is -2.50. The monoisotopic (exact) mass is 621 g/mol. The van der Waals surface area contributed by atoms with E-state index in [0.717, 1.165) is 74.6 Å². The molecule has 3 fully saturated rings. The quantitative estimate of drug-likeness (QED) is 0.462. The lowest BCUT2D eigenvalue weighted by molar-refractivity contribution is -0.134. The van der Waals surface area contributed by atoms with Crippen LogP contribution in [0.25, 0.3) is 0 Å². The molecule has 10 heteroatoms. The van der Waals surface area contributed by atoms with Crippen LogP contribution >= 0.6 is 11.8 Å². The maximum Gasteiger partial charge on any atom is 0.322 e. The molecule has 4 aliphatic rings. The minimum atomic E-state index is -0.401. The topological polar surface area (TPSA) is 85.4 Å². The lowest BCUT2D eigenvalue weighted by Gasteiger charge is -2.38. The zero-order valence-electron chi connectivity index (χ0n) is 26.2. The van der Waals surface area contributed by atoms with Crippen LogP contribution in [-0.2, 0) is 20.7 Å². The molecule has 4 heterocycles. The van der Waals surface area contributed by atoms with Gasteiger partial charge in [0.2, 0.25) is 11.8 Å². The Morgan fingerprint density at radius 2 is 1.64 bits per heavy atom. The molecule has 44 heavy (non-hydrogen) atoms. The van der Waals surface area contributed by atoms with Crippen LogP contribution in [0.2, 0.25) is 0 Å². The van der Waals surface area contributed by atoms with Crippen molar-refractivity contribution in [2.24, 2.45) is 5.41 Å². The Morgan fingerprint density at radius 1 is 0.955 bits per heavy atom. The van der Waals surface area contributed by atoms with Gasteiger partial charge in [0.25, 0.3) is 0 Å². The van der Waals surface area contributed by atoms with E-state index in [1.807, 2.05) is 45.0 Å². The number of benzene rings is 2. The van der Waals surface area contributed by atoms with Crippen molar-refractivity contribution in [3.8, 4) is 0 Å². The molecule has 0 radical (unpaired) electrons. The number of nitrogens with one attached hydrogen (secondary N) is 1. The van der Waals surface area contributed by atoms with Gasteiger partial charge < -0.3 is 24.8 Å². The second-order valence-corrected chi connectivity index (χ2v) is 14.9. The van der Waals surface area contributed by atoms with E-state index >= 15 is 0 Å². The van der Waals surface area contributed by atoms with E-state index in [1.54, 1.807) is 11.8 Å². The van der Waals surface area contributed by atoms with E-state index in [2.05, 4.69) is 49.2 Å². The average molecular weight is 622 g/mol. The highest BCUT2D eigenvalue weighted by molar-refractivity contribution is 8.02. The van der Waals surface area contributed by atoms with Crippen molar-refractivity contribution in [2.75, 3.05) is 61.1 Å². The number of likely N-dealkylation sites (tertiary alicyclic amines) is 1. The highest BCUT2D eigenvalue weighted by Gasteiger charge is 2.44. The molecule has 2 aromatic rings. The third kappa shape index (κ3) is 6.86. The number of fused-ring (bicyclic) bond motifs is 1. The number of thioether (sulfide) groups is 1. The Labute approximate surface area is 266 Å². The summed E-state index contributed by atoms with van der Waals surface area (Å²) in [5.41, 5.74) is 4.11. The van der Waals surface area contributed by atoms with Crippen molar-refractivity contribution in [3.63, 3.8) is 0 Å². The third-order valence-corrected chi connectivity index (χ3v) is 10.6. The molecule has 4 aliphatic heterocycles. The first-order chi connectivity index (χ1) is 21.2. The van der Waals surface area contributed by atoms with Crippen LogP contribution in [0.5, 0.6) is 0 Å². The minimum absolute atomic E-state index is 0. The Hall–Kier alpha value is -3.24. The van der Waals surface area contributed by atoms with Crippen LogP contribution in [-0.4, -0.2) is 90.2 Å². The van der Waals surface area contributed by atoms with Gasteiger partial charge >= 0.3 is 6.03 Å². The molecule has 2 atom stereocenters. The number of urea groups is 1. The summed E-state index contributed by atoms with van der Waals surface area (Å²) < 4.78 is 5.49. The molecule has 0 bridgehead atoms. The van der Waals surface area contributed by atoms with E-state index in [9.17, 15) is 14.4 Å². The highest BCUT2D eigenvalue weighted by atomic mass is 32.2. The molecular weight excluding hydrogens is 574 g/mol. The Morgan fingerprint density at radius 3 is 2.34 bits per heavy atom. The van der Waals surface area contributed by atoms with Crippen molar-refractivity contribution in [3.05, 3.63) is 54.1 Å². The average Bonchev–Trinajstić information content (AvgIpc) is 3.19. The van der Waals surface area contributed by atoms with Gasteiger partial charge in [-0.05, 0) is 67.0 Å². The van der Waals surface area contributed by atoms with E-state index in [-0.39, 0.29) is 42.5 Å². The van der Waals surface area contributed by atoms with Gasteiger partial charge in [-0.15, -0.1) is 11.8 Å². The van der Waals surface area contributed by atoms with Gasteiger partial charge in [-0.3, -0.25) is 14.5 Å². The van der Waals surface area contributed by atoms with Crippen LogP contribution in [0, 0.1) is 5.41 Å². The maximum atomic E-state index is 13.9. The van der Waals surface area contributed by atoms with Gasteiger partial charge in [-0.2, -0.15) is 0 Å². The highest BCUT2D eigenvalue weighted by Crippen LogP contribution is 2.43. The number of carbonyl (C=O) groups excluding carboxylic acids is 3. The molecule has 9 nitrogen and oxygen atoms in total. The molecule has 2 unspecified atom stereocenters. The number of morpholine rings is 1. The first-order valence-corrected chi connectivity index (χ1v) is 17.0. The molecule has 0 aliphatic carbocycles. The van der Waals surface area contributed by atoms with Crippen LogP contribution in [0.15, 0.2) is 48.5 Å². The van der Waals surface area contributed by atoms with Gasteiger partial charge in [0, 0.05) is 63.7 Å². The largest absolute Gasteiger partial charge is 0.378 e. The molecule has 2 aromatic carbocycles. The number of piperidine rings is 1. The Kier molecular flexibility index (Phi) is 9.10. The third-order valence-electron chi connectivity index (χ3n) is 9.17. The first-order valence-electron chi connectivity index (χ1n) is 16.0. The fraction of sp³-hybridized carbons (Fsp3) is 0.559. The van der Waals surface area contributed by atoms with Gasteiger partial charge in [-0.25, -0.2) is 4.79 Å². The number of nitrogens with zero attached hydrogens (tertiary/aromatic N) is 4. The summed E-state index contributed by atoms with van der Waals surface area (Å²) >= 11 is 1.63. The number of rotatable bonds is 6. The molecular formula is C34H47N5O4S. The van der Waals surface area contributed by atoms with Crippen LogP contribution in [0.4, 0.5) is 21.9 Å². The van der Waals surface area contributed by atoms with E-state index in [1.165, 1.54) is 0 Å². The predicted molar refractivity (Wildman–Crippen MR) is 178 cm³/mol. The second-order valence-electron chi connectivity index (χ2n) is 13.5. The SMILES string of the molecule is CC(C)(C)CC1SC(CC(=O)N2CCC(N3CCc4ccccc4NC3=O)CC2)C(=O)N1c1ccc(N2CCOCC2)cc1.[HH]. The van der Waals surface area contributed by atoms with Gasteiger partial charge in [-0.1, -0.05) is 39.0 Å². The Balaban J connectivity index is 0.00000400. The van der Waals surface area contributed by atoms with Crippen LogP contribution in [0.3, 0.4) is 0 Å². The summed E-state index contributed by atoms with van der Waals surface area (Å²) in [5, 5.41) is 2.64. The summed E-state index contributed by atoms with van der Waals surface area (Å²) in [5.74, 6) is 0.0495. The van der Waals surface area contributed by atoms with E-state index < -0.39 is 5.25 Å². The zero-order valence-corrected chi connectivity index (χ0v) is 27.0. The normalized spacial score (nSPS) is 23.4. The number of para-hydroxylation sites is 1. The predicted octanol–water partition coefficient (Wildman–Crippen LogP) is 5.45. The van der Waals surface area contributed by atoms with Crippen molar-refractivity contribution < 1.29 is 20.5 Å². The number of amides is 4. The number of hydrogen-bond donors (Lipinski definition) is 1. The molecule has 0 spiro atoms. The summed E-state index contributed by atoms with van der Waals surface area (Å²) in [7, 11) is 0. The standard InChI is InChI=1S/C34H45N5O4S.H2/c1-34(2,3)23-31-39(27-10-8-25(9-11-27)36-18-20-43-21-19-36)32(41)29(44-31)22-30(40)37-15-13-26(14-16-37)38-17-12-24-6-4-5-7-28(24)35-33(38)42;/h4-11,26,29,31H,12-23H2,1-3H3,(H,35,42);1H. The lowest BCUT2D eigenvalue weighted by atomic mass is 9.92. The van der Waals surface area contributed by atoms with Crippen molar-refractivity contribution >= 4 is 46.7 Å². The summed E-state index contributed by atoms with van der Waals surface area (Å²) in [6.45, 7) is 11.7. The minimum Gasteiger partial charge on any atom is -0.378 e. The van der Waals surface area contributed by atoms with Crippen molar-refractivity contribution in [2.45, 2.75) is 69.5 Å². The van der Waals surface area contributed by atoms with Crippen molar-refractivity contribution in [1.82, 2.24) is 9.80 Å². The van der Waals surface area contributed by atoms with E-state index in [0.29, 0.717) is 19.6 Å². The molecule has 4 amide bonds. The zero-order chi connectivity index (χ0) is 30.8. The van der Waals surface area contributed by atoms with Crippen molar-refractivity contribution in [1.29, 1.82) is 0 Å². The van der Waals surface area contributed by atoms with E-state index in [4.69, 9.17) is 4.74 Å². The molecule has 3 saturated heterocycles. The van der Waals surface area contributed by atoms with Crippen LogP contribution in [0.1, 0.15) is 53.4 Å². The molecule has 0 saturated carbocycles. The van der Waals surface area contributed by atoms with Gasteiger partial charge in [0.1, 0.15) is 0 Å². The number of carbonyl (C=O) groups is 3. The summed E-state index contributed by atoms with van der Waals surface area (Å²) in [6.07, 6.45) is 3.35. The molecule has 0 aromatic heterocycles. The fourth-order valence-corrected chi connectivity index (χ4v) is 8.59. The molecule has 6 rings (SSSR count). The number of hydrogen-bond acceptors (Lipinski definition) is 6. The fourth-order valence-electron chi connectivity index (χ4n) is 6.80.